The number of rotatable bonds is 4. The van der Waals surface area contributed by atoms with Crippen molar-refractivity contribution in [3.63, 3.8) is 0 Å². The van der Waals surface area contributed by atoms with E-state index in [2.05, 4.69) is 31.9 Å². The lowest BCUT2D eigenvalue weighted by Crippen LogP contribution is -1.70. The van der Waals surface area contributed by atoms with E-state index in [0.717, 1.165) is 6.42 Å². The number of allylic oxidation sites excluding steroid dienone is 5. The maximum atomic E-state index is 3.60. The van der Waals surface area contributed by atoms with Gasteiger partial charge in [-0.2, -0.15) is 0 Å². The van der Waals surface area contributed by atoms with E-state index in [1.54, 1.807) is 17.8 Å². The zero-order valence-corrected chi connectivity index (χ0v) is 7.45. The third-order valence-electron chi connectivity index (χ3n) is 1.18. The quantitative estimate of drug-likeness (QED) is 0.559. The van der Waals surface area contributed by atoms with Crippen LogP contribution in [0.4, 0.5) is 0 Å². The fraction of sp³-hybridized carbons (Fsp3) is 0.333. The molecule has 0 rings (SSSR count). The van der Waals surface area contributed by atoms with Gasteiger partial charge in [-0.1, -0.05) is 30.9 Å². The minimum absolute atomic E-state index is 1.03. The van der Waals surface area contributed by atoms with E-state index in [-0.39, 0.29) is 0 Å². The SMILES string of the molecule is C=C/C=C\C/C(=C\C)SC. The summed E-state index contributed by atoms with van der Waals surface area (Å²) < 4.78 is 0. The summed E-state index contributed by atoms with van der Waals surface area (Å²) >= 11 is 1.80. The Balaban J connectivity index is 3.65. The van der Waals surface area contributed by atoms with Crippen molar-refractivity contribution in [2.24, 2.45) is 0 Å². The monoisotopic (exact) mass is 154 g/mol. The summed E-state index contributed by atoms with van der Waals surface area (Å²) in [5.41, 5.74) is 0. The Morgan fingerprint density at radius 2 is 2.30 bits per heavy atom. The number of hydrogen-bond acceptors (Lipinski definition) is 1. The highest BCUT2D eigenvalue weighted by molar-refractivity contribution is 8.02. The highest BCUT2D eigenvalue weighted by Gasteiger charge is 1.86. The molecule has 0 spiro atoms. The molecule has 0 unspecified atom stereocenters. The third-order valence-corrected chi connectivity index (χ3v) is 2.10. The maximum Gasteiger partial charge on any atom is -0.00376 e. The van der Waals surface area contributed by atoms with Crippen LogP contribution in [0.25, 0.3) is 0 Å². The molecule has 0 saturated heterocycles. The van der Waals surface area contributed by atoms with Crippen LogP contribution in [0.2, 0.25) is 0 Å². The molecule has 0 saturated carbocycles. The predicted octanol–water partition coefficient (Wildman–Crippen LogP) is 3.39. The van der Waals surface area contributed by atoms with E-state index in [9.17, 15) is 0 Å². The molecule has 0 aromatic rings. The van der Waals surface area contributed by atoms with Gasteiger partial charge in [-0.3, -0.25) is 0 Å². The summed E-state index contributed by atoms with van der Waals surface area (Å²) in [6.45, 7) is 5.66. The summed E-state index contributed by atoms with van der Waals surface area (Å²) in [5, 5.41) is 0. The van der Waals surface area contributed by atoms with Crippen LogP contribution in [0, 0.1) is 0 Å². The third kappa shape index (κ3) is 4.45. The molecule has 0 aliphatic heterocycles. The minimum Gasteiger partial charge on any atom is -0.134 e. The number of thioether (sulfide) groups is 1. The Hall–Kier alpha value is -0.430. The second-order valence-corrected chi connectivity index (χ2v) is 2.76. The zero-order valence-electron chi connectivity index (χ0n) is 6.63. The van der Waals surface area contributed by atoms with Crippen molar-refractivity contribution in [2.75, 3.05) is 6.26 Å². The van der Waals surface area contributed by atoms with Crippen molar-refractivity contribution >= 4 is 11.8 Å². The summed E-state index contributed by atoms with van der Waals surface area (Å²) in [5.74, 6) is 0. The summed E-state index contributed by atoms with van der Waals surface area (Å²) in [6, 6.07) is 0. The molecule has 0 bridgehead atoms. The van der Waals surface area contributed by atoms with E-state index in [1.807, 2.05) is 6.08 Å². The van der Waals surface area contributed by atoms with Crippen molar-refractivity contribution < 1.29 is 0 Å². The molecule has 10 heavy (non-hydrogen) atoms. The molecule has 0 aromatic heterocycles. The smallest absolute Gasteiger partial charge is 0.00376 e. The molecule has 0 radical (unpaired) electrons. The van der Waals surface area contributed by atoms with Gasteiger partial charge in [-0.05, 0) is 24.5 Å². The Morgan fingerprint density at radius 3 is 2.70 bits per heavy atom. The number of hydrogen-bond donors (Lipinski definition) is 0. The largest absolute Gasteiger partial charge is 0.134 e. The van der Waals surface area contributed by atoms with Crippen LogP contribution in [-0.2, 0) is 0 Å². The standard InChI is InChI=1S/C9H14S/c1-4-6-7-8-9(5-2)10-3/h4-7H,1,8H2,2-3H3/b7-6-,9-5+. The van der Waals surface area contributed by atoms with Crippen molar-refractivity contribution in [1.29, 1.82) is 0 Å². The van der Waals surface area contributed by atoms with E-state index in [4.69, 9.17) is 0 Å². The van der Waals surface area contributed by atoms with Gasteiger partial charge in [0.05, 0.1) is 0 Å². The van der Waals surface area contributed by atoms with Gasteiger partial charge in [0.1, 0.15) is 0 Å². The molecule has 0 N–H and O–H groups in total. The Bertz CT molecular complexity index is 143. The van der Waals surface area contributed by atoms with E-state index >= 15 is 0 Å². The fourth-order valence-electron chi connectivity index (χ4n) is 0.599. The average Bonchev–Trinajstić information content (AvgIpc) is 1.99. The first kappa shape index (κ1) is 9.57. The van der Waals surface area contributed by atoms with E-state index in [0.29, 0.717) is 0 Å². The highest BCUT2D eigenvalue weighted by atomic mass is 32.2. The molecule has 0 amide bonds. The fourth-order valence-corrected chi connectivity index (χ4v) is 1.10. The first-order valence-corrected chi connectivity index (χ1v) is 4.54. The Kier molecular flexibility index (Phi) is 6.40. The second-order valence-electron chi connectivity index (χ2n) is 1.83. The molecule has 0 aliphatic rings. The predicted molar refractivity (Wildman–Crippen MR) is 51.2 cm³/mol. The van der Waals surface area contributed by atoms with Crippen LogP contribution in [0.3, 0.4) is 0 Å². The van der Waals surface area contributed by atoms with Crippen LogP contribution < -0.4 is 0 Å². The molecule has 0 aromatic carbocycles. The minimum atomic E-state index is 1.03. The van der Waals surface area contributed by atoms with Crippen molar-refractivity contribution in [2.45, 2.75) is 13.3 Å². The van der Waals surface area contributed by atoms with Gasteiger partial charge in [0.25, 0.3) is 0 Å². The Morgan fingerprint density at radius 1 is 1.60 bits per heavy atom. The van der Waals surface area contributed by atoms with Crippen LogP contribution in [0.5, 0.6) is 0 Å². The highest BCUT2D eigenvalue weighted by Crippen LogP contribution is 2.15. The molecule has 0 fully saturated rings. The molecule has 0 heterocycles. The second kappa shape index (κ2) is 6.69. The molecule has 0 nitrogen and oxygen atoms in total. The van der Waals surface area contributed by atoms with Gasteiger partial charge in [-0.25, -0.2) is 0 Å². The first-order chi connectivity index (χ1) is 4.85. The van der Waals surface area contributed by atoms with Gasteiger partial charge in [-0.15, -0.1) is 11.8 Å². The van der Waals surface area contributed by atoms with Gasteiger partial charge in [0.2, 0.25) is 0 Å². The van der Waals surface area contributed by atoms with Crippen LogP contribution in [-0.4, -0.2) is 6.26 Å². The van der Waals surface area contributed by atoms with Gasteiger partial charge in [0.15, 0.2) is 0 Å². The average molecular weight is 154 g/mol. The molecule has 56 valence electrons. The lowest BCUT2D eigenvalue weighted by Gasteiger charge is -1.95. The lowest BCUT2D eigenvalue weighted by molar-refractivity contribution is 1.34. The van der Waals surface area contributed by atoms with E-state index in [1.165, 1.54) is 4.91 Å². The zero-order chi connectivity index (χ0) is 7.82. The maximum absolute atomic E-state index is 3.60. The molecular weight excluding hydrogens is 140 g/mol. The summed E-state index contributed by atoms with van der Waals surface area (Å²) in [4.78, 5) is 1.40. The lowest BCUT2D eigenvalue weighted by atomic mass is 10.3. The van der Waals surface area contributed by atoms with Crippen LogP contribution in [0.1, 0.15) is 13.3 Å². The van der Waals surface area contributed by atoms with Gasteiger partial charge in [0, 0.05) is 0 Å². The summed E-state index contributed by atoms with van der Waals surface area (Å²) in [6.07, 6.45) is 11.1. The van der Waals surface area contributed by atoms with Crippen LogP contribution in [0.15, 0.2) is 35.8 Å². The topological polar surface area (TPSA) is 0 Å². The van der Waals surface area contributed by atoms with Gasteiger partial charge < -0.3 is 0 Å². The molecular formula is C9H14S. The first-order valence-electron chi connectivity index (χ1n) is 3.32. The van der Waals surface area contributed by atoms with Crippen molar-refractivity contribution in [1.82, 2.24) is 0 Å². The molecule has 1 heteroatoms. The molecule has 0 aliphatic carbocycles. The van der Waals surface area contributed by atoms with Crippen LogP contribution >= 0.6 is 11.8 Å². The van der Waals surface area contributed by atoms with Crippen molar-refractivity contribution in [3.8, 4) is 0 Å². The van der Waals surface area contributed by atoms with E-state index < -0.39 is 0 Å². The molecule has 0 atom stereocenters. The summed E-state index contributed by atoms with van der Waals surface area (Å²) in [7, 11) is 0. The van der Waals surface area contributed by atoms with Crippen molar-refractivity contribution in [3.05, 3.63) is 35.8 Å². The normalized spacial score (nSPS) is 12.4. The van der Waals surface area contributed by atoms with Gasteiger partial charge >= 0.3 is 0 Å². The Labute approximate surface area is 67.7 Å².